The molecule has 5 heteroatoms. The zero-order chi connectivity index (χ0) is 14.0. The minimum atomic E-state index is -0.446. The Morgan fingerprint density at radius 3 is 2.79 bits per heavy atom. The van der Waals surface area contributed by atoms with Gasteiger partial charge in [0.15, 0.2) is 0 Å². The van der Waals surface area contributed by atoms with Gasteiger partial charge in [-0.1, -0.05) is 6.92 Å². The molecule has 2 rings (SSSR count). The fourth-order valence-electron chi connectivity index (χ4n) is 2.29. The van der Waals surface area contributed by atoms with E-state index in [1.54, 1.807) is 11.0 Å². The summed E-state index contributed by atoms with van der Waals surface area (Å²) >= 11 is 0. The Kier molecular flexibility index (Phi) is 3.93. The van der Waals surface area contributed by atoms with Crippen LogP contribution in [0.25, 0.3) is 0 Å². The van der Waals surface area contributed by atoms with E-state index >= 15 is 0 Å². The largest absolute Gasteiger partial charge is 0.455 e. The third-order valence-electron chi connectivity index (χ3n) is 3.41. The average molecular weight is 265 g/mol. The molecule has 0 aliphatic carbocycles. The van der Waals surface area contributed by atoms with Crippen molar-refractivity contribution in [3.05, 3.63) is 23.2 Å². The van der Waals surface area contributed by atoms with E-state index in [-0.39, 0.29) is 17.8 Å². The van der Waals surface area contributed by atoms with E-state index in [1.165, 1.54) is 6.92 Å². The molecule has 1 saturated heterocycles. The van der Waals surface area contributed by atoms with Gasteiger partial charge in [0.2, 0.25) is 11.7 Å². The van der Waals surface area contributed by atoms with Crippen LogP contribution in [0.15, 0.2) is 10.5 Å². The summed E-state index contributed by atoms with van der Waals surface area (Å²) in [6.45, 7) is 6.52. The summed E-state index contributed by atoms with van der Waals surface area (Å²) in [4.78, 5) is 24.8. The number of aryl methyl sites for hydroxylation is 2. The molecule has 5 nitrogen and oxygen atoms in total. The van der Waals surface area contributed by atoms with Crippen LogP contribution >= 0.6 is 0 Å². The number of nitrogens with zero attached hydrogens (tertiary/aromatic N) is 1. The van der Waals surface area contributed by atoms with Gasteiger partial charge in [-0.05, 0) is 18.6 Å². The Hall–Kier alpha value is -1.78. The second-order valence-corrected chi connectivity index (χ2v) is 4.85. The minimum Gasteiger partial charge on any atom is -0.455 e. The summed E-state index contributed by atoms with van der Waals surface area (Å²) in [5.74, 6) is 0.623. The van der Waals surface area contributed by atoms with E-state index < -0.39 is 5.97 Å². The van der Waals surface area contributed by atoms with Crippen LogP contribution in [0, 0.1) is 6.92 Å². The lowest BCUT2D eigenvalue weighted by atomic mass is 10.2. The van der Waals surface area contributed by atoms with E-state index in [9.17, 15) is 9.59 Å². The Balaban J connectivity index is 1.96. The smallest absolute Gasteiger partial charge is 0.374 e. The normalized spacial score (nSPS) is 18.7. The molecule has 19 heavy (non-hydrogen) atoms. The SMILES string of the molecule is CCc1oc(C(=O)O[C@H]2CCN(C(C)=O)C2)cc1C. The van der Waals surface area contributed by atoms with Gasteiger partial charge in [-0.3, -0.25) is 4.79 Å². The predicted octanol–water partition coefficient (Wildman–Crippen LogP) is 1.93. The Bertz CT molecular complexity index is 492. The number of esters is 1. The highest BCUT2D eigenvalue weighted by atomic mass is 16.6. The summed E-state index contributed by atoms with van der Waals surface area (Å²) in [6, 6.07) is 1.71. The number of amides is 1. The van der Waals surface area contributed by atoms with Crippen molar-refractivity contribution in [1.29, 1.82) is 0 Å². The molecule has 0 N–H and O–H groups in total. The van der Waals surface area contributed by atoms with Gasteiger partial charge < -0.3 is 14.1 Å². The molecule has 104 valence electrons. The first kappa shape index (κ1) is 13.6. The molecule has 0 unspecified atom stereocenters. The topological polar surface area (TPSA) is 59.8 Å². The van der Waals surface area contributed by atoms with Crippen LogP contribution in [0.5, 0.6) is 0 Å². The van der Waals surface area contributed by atoms with Crippen molar-refractivity contribution in [2.45, 2.75) is 39.7 Å². The number of hydrogen-bond donors (Lipinski definition) is 0. The van der Waals surface area contributed by atoms with Crippen LogP contribution < -0.4 is 0 Å². The number of likely N-dealkylation sites (tertiary alicyclic amines) is 1. The molecule has 1 aliphatic rings. The highest BCUT2D eigenvalue weighted by Crippen LogP contribution is 2.19. The molecular weight excluding hydrogens is 246 g/mol. The van der Waals surface area contributed by atoms with Crippen molar-refractivity contribution in [3.63, 3.8) is 0 Å². The van der Waals surface area contributed by atoms with Gasteiger partial charge in [-0.2, -0.15) is 0 Å². The Morgan fingerprint density at radius 1 is 1.53 bits per heavy atom. The zero-order valence-corrected chi connectivity index (χ0v) is 11.6. The second-order valence-electron chi connectivity index (χ2n) is 4.85. The monoisotopic (exact) mass is 265 g/mol. The first-order valence-corrected chi connectivity index (χ1v) is 6.57. The Morgan fingerprint density at radius 2 is 2.26 bits per heavy atom. The van der Waals surface area contributed by atoms with E-state index in [1.807, 2.05) is 13.8 Å². The summed E-state index contributed by atoms with van der Waals surface area (Å²) in [5, 5.41) is 0. The van der Waals surface area contributed by atoms with E-state index in [2.05, 4.69) is 0 Å². The first-order chi connectivity index (χ1) is 9.01. The van der Waals surface area contributed by atoms with E-state index in [4.69, 9.17) is 9.15 Å². The first-order valence-electron chi connectivity index (χ1n) is 6.57. The number of furan rings is 1. The maximum absolute atomic E-state index is 11.9. The van der Waals surface area contributed by atoms with Crippen molar-refractivity contribution in [2.24, 2.45) is 0 Å². The highest BCUT2D eigenvalue weighted by molar-refractivity contribution is 5.87. The molecule has 1 aromatic heterocycles. The molecule has 1 fully saturated rings. The number of hydrogen-bond acceptors (Lipinski definition) is 4. The molecule has 0 aromatic carbocycles. The molecule has 1 aromatic rings. The van der Waals surface area contributed by atoms with Crippen LogP contribution in [0.4, 0.5) is 0 Å². The summed E-state index contributed by atoms with van der Waals surface area (Å²) in [5.41, 5.74) is 0.964. The standard InChI is InChI=1S/C14H19NO4/c1-4-12-9(2)7-13(19-12)14(17)18-11-5-6-15(8-11)10(3)16/h7,11H,4-6,8H2,1-3H3/t11-/m0/s1. The van der Waals surface area contributed by atoms with Gasteiger partial charge in [0.1, 0.15) is 11.9 Å². The number of carbonyl (C=O) groups is 2. The second kappa shape index (κ2) is 5.47. The lowest BCUT2D eigenvalue weighted by Gasteiger charge is -2.13. The predicted molar refractivity (Wildman–Crippen MR) is 68.9 cm³/mol. The van der Waals surface area contributed by atoms with Gasteiger partial charge in [0, 0.05) is 26.3 Å². The molecule has 1 atom stereocenters. The van der Waals surface area contributed by atoms with Crippen LogP contribution in [0.3, 0.4) is 0 Å². The van der Waals surface area contributed by atoms with Crippen molar-refractivity contribution >= 4 is 11.9 Å². The van der Waals surface area contributed by atoms with Gasteiger partial charge >= 0.3 is 5.97 Å². The molecule has 1 aliphatic heterocycles. The maximum atomic E-state index is 11.9. The van der Waals surface area contributed by atoms with Crippen LogP contribution in [-0.2, 0) is 16.0 Å². The van der Waals surface area contributed by atoms with Crippen LogP contribution in [0.1, 0.15) is 42.1 Å². The summed E-state index contributed by atoms with van der Waals surface area (Å²) < 4.78 is 10.8. The fraction of sp³-hybridized carbons (Fsp3) is 0.571. The average Bonchev–Trinajstić information content (AvgIpc) is 2.95. The summed E-state index contributed by atoms with van der Waals surface area (Å²) in [6.07, 6.45) is 1.21. The number of ether oxygens (including phenoxy) is 1. The molecule has 0 saturated carbocycles. The molecule has 0 radical (unpaired) electrons. The van der Waals surface area contributed by atoms with Gasteiger partial charge in [0.25, 0.3) is 0 Å². The lowest BCUT2D eigenvalue weighted by molar-refractivity contribution is -0.128. The quantitative estimate of drug-likeness (QED) is 0.783. The van der Waals surface area contributed by atoms with Crippen LogP contribution in [-0.4, -0.2) is 36.0 Å². The molecule has 1 amide bonds. The van der Waals surface area contributed by atoms with Crippen molar-refractivity contribution in [3.8, 4) is 0 Å². The molecule has 2 heterocycles. The number of rotatable bonds is 3. The van der Waals surface area contributed by atoms with E-state index in [0.29, 0.717) is 19.5 Å². The minimum absolute atomic E-state index is 0.0145. The number of carbonyl (C=O) groups excluding carboxylic acids is 2. The zero-order valence-electron chi connectivity index (χ0n) is 11.6. The molecule has 0 bridgehead atoms. The van der Waals surface area contributed by atoms with E-state index in [0.717, 1.165) is 17.7 Å². The highest BCUT2D eigenvalue weighted by Gasteiger charge is 2.28. The van der Waals surface area contributed by atoms with Crippen LogP contribution in [0.2, 0.25) is 0 Å². The molecular formula is C14H19NO4. The Labute approximate surface area is 112 Å². The lowest BCUT2D eigenvalue weighted by Crippen LogP contribution is -2.28. The van der Waals surface area contributed by atoms with Gasteiger partial charge in [0.05, 0.1) is 6.54 Å². The van der Waals surface area contributed by atoms with Gasteiger partial charge in [-0.15, -0.1) is 0 Å². The summed E-state index contributed by atoms with van der Waals surface area (Å²) in [7, 11) is 0. The van der Waals surface area contributed by atoms with Crippen molar-refractivity contribution in [1.82, 2.24) is 4.90 Å². The molecule has 0 spiro atoms. The third-order valence-corrected chi connectivity index (χ3v) is 3.41. The maximum Gasteiger partial charge on any atom is 0.374 e. The third kappa shape index (κ3) is 2.97. The fourth-order valence-corrected chi connectivity index (χ4v) is 2.29. The van der Waals surface area contributed by atoms with Gasteiger partial charge in [-0.25, -0.2) is 4.79 Å². The van der Waals surface area contributed by atoms with Crippen molar-refractivity contribution < 1.29 is 18.7 Å². The van der Waals surface area contributed by atoms with Crippen molar-refractivity contribution in [2.75, 3.05) is 13.1 Å².